The van der Waals surface area contributed by atoms with Crippen LogP contribution in [0.3, 0.4) is 0 Å². The minimum absolute atomic E-state index is 0.131. The number of ketones is 1. The second-order valence-corrected chi connectivity index (χ2v) is 3.24. The maximum absolute atomic E-state index is 11.0. The highest BCUT2D eigenvalue weighted by atomic mass is 35.5. The van der Waals surface area contributed by atoms with Crippen LogP contribution in [-0.4, -0.2) is 5.78 Å². The summed E-state index contributed by atoms with van der Waals surface area (Å²) in [4.78, 5) is 11.0. The van der Waals surface area contributed by atoms with Gasteiger partial charge in [-0.3, -0.25) is 4.79 Å². The van der Waals surface area contributed by atoms with Crippen LogP contribution in [0.2, 0.25) is 5.02 Å². The molecule has 70 valence electrons. The van der Waals surface area contributed by atoms with E-state index in [4.69, 9.17) is 23.1 Å². The van der Waals surface area contributed by atoms with Gasteiger partial charge in [0.15, 0.2) is 5.78 Å². The number of carbonyl (C=O) groups excluding carboxylic acids is 1. The number of anilines is 1. The van der Waals surface area contributed by atoms with Crippen molar-refractivity contribution in [1.82, 2.24) is 0 Å². The molecule has 4 N–H and O–H groups in total. The van der Waals surface area contributed by atoms with Crippen LogP contribution in [0.15, 0.2) is 18.2 Å². The lowest BCUT2D eigenvalue weighted by atomic mass is 10.0. The molecule has 1 aromatic rings. The lowest BCUT2D eigenvalue weighted by Crippen LogP contribution is -2.19. The Hall–Kier alpha value is -1.06. The maximum atomic E-state index is 11.0. The predicted octanol–water partition coefficient (Wildman–Crippen LogP) is 1.51. The fraction of sp³-hybridized carbons (Fsp3) is 0.222. The van der Waals surface area contributed by atoms with Crippen LogP contribution < -0.4 is 11.5 Å². The standard InChI is InChI=1S/C9H11ClN2O/c1-5(13)8(11)6-3-2-4-7(10)9(6)12/h2-4,8H,11-12H2,1H3. The summed E-state index contributed by atoms with van der Waals surface area (Å²) in [6.07, 6.45) is 0. The zero-order valence-electron chi connectivity index (χ0n) is 7.25. The number of Topliss-reactive ketones (excluding diaryl/α,β-unsaturated/α-hetero) is 1. The van der Waals surface area contributed by atoms with Gasteiger partial charge in [-0.25, -0.2) is 0 Å². The Bertz CT molecular complexity index is 338. The summed E-state index contributed by atoms with van der Waals surface area (Å²) >= 11 is 5.77. The Morgan fingerprint density at radius 1 is 1.54 bits per heavy atom. The summed E-state index contributed by atoms with van der Waals surface area (Å²) in [5.41, 5.74) is 12.2. The zero-order chi connectivity index (χ0) is 10.0. The van der Waals surface area contributed by atoms with Crippen molar-refractivity contribution < 1.29 is 4.79 Å². The second-order valence-electron chi connectivity index (χ2n) is 2.83. The smallest absolute Gasteiger partial charge is 0.151 e. The van der Waals surface area contributed by atoms with Gasteiger partial charge >= 0.3 is 0 Å². The first-order valence-corrected chi connectivity index (χ1v) is 4.21. The monoisotopic (exact) mass is 198 g/mol. The van der Waals surface area contributed by atoms with Gasteiger partial charge in [-0.15, -0.1) is 0 Å². The summed E-state index contributed by atoms with van der Waals surface area (Å²) in [6, 6.07) is 4.40. The molecule has 0 radical (unpaired) electrons. The summed E-state index contributed by atoms with van der Waals surface area (Å²) in [5, 5.41) is 0.425. The third kappa shape index (κ3) is 1.99. The Morgan fingerprint density at radius 2 is 2.15 bits per heavy atom. The van der Waals surface area contributed by atoms with E-state index in [1.165, 1.54) is 6.92 Å². The molecule has 1 aromatic carbocycles. The van der Waals surface area contributed by atoms with E-state index in [9.17, 15) is 4.79 Å². The Balaban J connectivity index is 3.15. The van der Waals surface area contributed by atoms with Crippen molar-refractivity contribution in [2.75, 3.05) is 5.73 Å². The van der Waals surface area contributed by atoms with Gasteiger partial charge in [0.05, 0.1) is 16.8 Å². The lowest BCUT2D eigenvalue weighted by Gasteiger charge is -2.11. The van der Waals surface area contributed by atoms with E-state index >= 15 is 0 Å². The Labute approximate surface area is 81.7 Å². The second kappa shape index (κ2) is 3.77. The Morgan fingerprint density at radius 3 is 2.69 bits per heavy atom. The maximum Gasteiger partial charge on any atom is 0.151 e. The summed E-state index contributed by atoms with van der Waals surface area (Å²) < 4.78 is 0. The number of carbonyl (C=O) groups is 1. The fourth-order valence-electron chi connectivity index (χ4n) is 1.04. The fourth-order valence-corrected chi connectivity index (χ4v) is 1.23. The molecule has 1 unspecified atom stereocenters. The first-order valence-electron chi connectivity index (χ1n) is 3.84. The molecule has 0 saturated carbocycles. The minimum atomic E-state index is -0.682. The van der Waals surface area contributed by atoms with E-state index in [0.29, 0.717) is 16.3 Å². The van der Waals surface area contributed by atoms with Gasteiger partial charge in [0, 0.05) is 5.56 Å². The molecular weight excluding hydrogens is 188 g/mol. The number of rotatable bonds is 2. The molecule has 0 aliphatic heterocycles. The average Bonchev–Trinajstić information content (AvgIpc) is 2.08. The van der Waals surface area contributed by atoms with Crippen LogP contribution in [0.25, 0.3) is 0 Å². The van der Waals surface area contributed by atoms with Crippen molar-refractivity contribution in [3.05, 3.63) is 28.8 Å². The molecule has 0 bridgehead atoms. The molecule has 0 heterocycles. The molecule has 4 heteroatoms. The SMILES string of the molecule is CC(=O)C(N)c1cccc(Cl)c1N. The number of hydrogen-bond acceptors (Lipinski definition) is 3. The third-order valence-corrected chi connectivity index (χ3v) is 2.19. The normalized spacial score (nSPS) is 12.5. The van der Waals surface area contributed by atoms with Crippen LogP contribution in [0, 0.1) is 0 Å². The van der Waals surface area contributed by atoms with E-state index in [2.05, 4.69) is 0 Å². The molecule has 0 aliphatic carbocycles. The van der Waals surface area contributed by atoms with Crippen molar-refractivity contribution in [3.63, 3.8) is 0 Å². The topological polar surface area (TPSA) is 69.1 Å². The van der Waals surface area contributed by atoms with Gasteiger partial charge in [0.25, 0.3) is 0 Å². The number of halogens is 1. The predicted molar refractivity (Wildman–Crippen MR) is 53.5 cm³/mol. The quantitative estimate of drug-likeness (QED) is 0.708. The molecule has 1 rings (SSSR count). The van der Waals surface area contributed by atoms with E-state index in [1.807, 2.05) is 0 Å². The van der Waals surface area contributed by atoms with Gasteiger partial charge in [0.2, 0.25) is 0 Å². The van der Waals surface area contributed by atoms with Crippen LogP contribution in [0.5, 0.6) is 0 Å². The van der Waals surface area contributed by atoms with E-state index in [-0.39, 0.29) is 5.78 Å². The first-order chi connectivity index (χ1) is 6.04. The number of benzene rings is 1. The number of nitrogen functional groups attached to an aromatic ring is 1. The van der Waals surface area contributed by atoms with E-state index < -0.39 is 6.04 Å². The van der Waals surface area contributed by atoms with Gasteiger partial charge in [-0.2, -0.15) is 0 Å². The molecule has 13 heavy (non-hydrogen) atoms. The first kappa shape index (κ1) is 10.0. The van der Waals surface area contributed by atoms with Gasteiger partial charge in [0.1, 0.15) is 0 Å². The van der Waals surface area contributed by atoms with Gasteiger partial charge in [-0.05, 0) is 13.0 Å². The van der Waals surface area contributed by atoms with Crippen LogP contribution in [0.4, 0.5) is 5.69 Å². The van der Waals surface area contributed by atoms with Crippen LogP contribution in [0.1, 0.15) is 18.5 Å². The molecule has 0 spiro atoms. The van der Waals surface area contributed by atoms with Gasteiger partial charge in [-0.1, -0.05) is 23.7 Å². The van der Waals surface area contributed by atoms with E-state index in [1.54, 1.807) is 18.2 Å². The molecule has 0 saturated heterocycles. The van der Waals surface area contributed by atoms with Crippen molar-refractivity contribution in [3.8, 4) is 0 Å². The number of hydrogen-bond donors (Lipinski definition) is 2. The minimum Gasteiger partial charge on any atom is -0.397 e. The largest absolute Gasteiger partial charge is 0.397 e. The molecule has 1 atom stereocenters. The molecular formula is C9H11ClN2O. The molecule has 0 amide bonds. The average molecular weight is 199 g/mol. The van der Waals surface area contributed by atoms with Crippen molar-refractivity contribution in [1.29, 1.82) is 0 Å². The summed E-state index contributed by atoms with van der Waals surface area (Å²) in [6.45, 7) is 1.42. The van der Waals surface area contributed by atoms with Crippen LogP contribution in [-0.2, 0) is 4.79 Å². The van der Waals surface area contributed by atoms with Gasteiger partial charge < -0.3 is 11.5 Å². The van der Waals surface area contributed by atoms with Crippen molar-refractivity contribution >= 4 is 23.1 Å². The lowest BCUT2D eigenvalue weighted by molar-refractivity contribution is -0.118. The highest BCUT2D eigenvalue weighted by molar-refractivity contribution is 6.33. The molecule has 3 nitrogen and oxygen atoms in total. The molecule has 0 fully saturated rings. The highest BCUT2D eigenvalue weighted by Crippen LogP contribution is 2.26. The summed E-state index contributed by atoms with van der Waals surface area (Å²) in [7, 11) is 0. The van der Waals surface area contributed by atoms with Crippen LogP contribution >= 0.6 is 11.6 Å². The highest BCUT2D eigenvalue weighted by Gasteiger charge is 2.14. The zero-order valence-corrected chi connectivity index (χ0v) is 8.01. The number of nitrogens with two attached hydrogens (primary N) is 2. The van der Waals surface area contributed by atoms with Crippen molar-refractivity contribution in [2.24, 2.45) is 5.73 Å². The van der Waals surface area contributed by atoms with E-state index in [0.717, 1.165) is 0 Å². The number of para-hydroxylation sites is 1. The molecule has 0 aliphatic rings. The molecule has 0 aromatic heterocycles. The Kier molecular flexibility index (Phi) is 2.90. The van der Waals surface area contributed by atoms with Crippen molar-refractivity contribution in [2.45, 2.75) is 13.0 Å². The third-order valence-electron chi connectivity index (χ3n) is 1.86. The summed E-state index contributed by atoms with van der Waals surface area (Å²) in [5.74, 6) is -0.131.